The lowest BCUT2D eigenvalue weighted by atomic mass is 10.3. The summed E-state index contributed by atoms with van der Waals surface area (Å²) in [5, 5.41) is 5.49. The molecule has 0 heterocycles. The molecule has 2 rings (SSSR count). The molecule has 0 saturated carbocycles. The van der Waals surface area contributed by atoms with Gasteiger partial charge < -0.3 is 0 Å². The van der Waals surface area contributed by atoms with Crippen LogP contribution in [0.1, 0.15) is 0 Å². The highest BCUT2D eigenvalue weighted by Crippen LogP contribution is 2.26. The van der Waals surface area contributed by atoms with Crippen molar-refractivity contribution in [1.29, 1.82) is 0 Å². The van der Waals surface area contributed by atoms with Crippen molar-refractivity contribution < 1.29 is 16.8 Å². The Labute approximate surface area is 138 Å². The summed E-state index contributed by atoms with van der Waals surface area (Å²) in [5.41, 5.74) is 0.0988. The quantitative estimate of drug-likeness (QED) is 0.848. The molecule has 0 unspecified atom stereocenters. The number of halogens is 2. The molecule has 0 aliphatic rings. The first-order valence-corrected chi connectivity index (χ1v) is 9.49. The first-order valence-electron chi connectivity index (χ1n) is 5.70. The van der Waals surface area contributed by atoms with E-state index in [1.807, 2.05) is 0 Å². The lowest BCUT2D eigenvalue weighted by molar-refractivity contribution is 0.586. The third-order valence-corrected chi connectivity index (χ3v) is 5.53. The third kappa shape index (κ3) is 3.90. The molecule has 0 aromatic heterocycles. The van der Waals surface area contributed by atoms with Crippen LogP contribution in [-0.2, 0) is 20.0 Å². The molecular weight excluding hydrogens is 371 g/mol. The zero-order valence-electron chi connectivity index (χ0n) is 10.8. The van der Waals surface area contributed by atoms with Gasteiger partial charge in [-0.1, -0.05) is 35.3 Å². The second-order valence-electron chi connectivity index (χ2n) is 4.26. The van der Waals surface area contributed by atoms with Crippen LogP contribution in [0.5, 0.6) is 0 Å². The van der Waals surface area contributed by atoms with Crippen LogP contribution < -0.4 is 9.86 Å². The number of rotatable bonds is 4. The van der Waals surface area contributed by atoms with E-state index < -0.39 is 29.8 Å². The predicted octanol–water partition coefficient (Wildman–Crippen LogP) is 2.44. The average molecular weight is 381 g/mol. The maximum atomic E-state index is 12.4. The summed E-state index contributed by atoms with van der Waals surface area (Å²) >= 11 is 11.6. The van der Waals surface area contributed by atoms with Gasteiger partial charge in [-0.2, -0.15) is 0 Å². The normalized spacial score (nSPS) is 12.1. The summed E-state index contributed by atoms with van der Waals surface area (Å²) in [5.74, 6) is 0. The van der Waals surface area contributed by atoms with Gasteiger partial charge in [-0.3, -0.25) is 4.72 Å². The van der Waals surface area contributed by atoms with Crippen molar-refractivity contribution in [3.63, 3.8) is 0 Å². The third-order valence-electron chi connectivity index (χ3n) is 2.56. The standard InChI is InChI=1S/C12H10Cl2N2O4S2/c13-8-5-9(14)7-10(6-8)16-22(19,20)12-4-2-1-3-11(12)21(15,17)18/h1-7,16H,(H2,15,17,18). The zero-order valence-corrected chi connectivity index (χ0v) is 14.0. The first kappa shape index (κ1) is 17.0. The van der Waals surface area contributed by atoms with Crippen LogP contribution in [0.2, 0.25) is 10.0 Å². The number of nitrogens with one attached hydrogen (secondary N) is 1. The van der Waals surface area contributed by atoms with E-state index in [0.717, 1.165) is 12.1 Å². The van der Waals surface area contributed by atoms with E-state index in [-0.39, 0.29) is 15.7 Å². The zero-order chi connectivity index (χ0) is 16.5. The van der Waals surface area contributed by atoms with Crippen LogP contribution in [0, 0.1) is 0 Å². The van der Waals surface area contributed by atoms with Crippen molar-refractivity contribution in [3.8, 4) is 0 Å². The molecule has 0 fully saturated rings. The van der Waals surface area contributed by atoms with Gasteiger partial charge in [0.25, 0.3) is 10.0 Å². The van der Waals surface area contributed by atoms with Crippen molar-refractivity contribution in [1.82, 2.24) is 0 Å². The summed E-state index contributed by atoms with van der Waals surface area (Å²) in [6, 6.07) is 9.10. The minimum atomic E-state index is -4.20. The Hall–Kier alpha value is -1.32. The number of hydrogen-bond donors (Lipinski definition) is 2. The second-order valence-corrected chi connectivity index (χ2v) is 8.31. The molecule has 0 aliphatic heterocycles. The predicted molar refractivity (Wildman–Crippen MR) is 85.1 cm³/mol. The maximum absolute atomic E-state index is 12.4. The van der Waals surface area contributed by atoms with Gasteiger partial charge in [-0.15, -0.1) is 0 Å². The van der Waals surface area contributed by atoms with Gasteiger partial charge in [0.15, 0.2) is 0 Å². The molecule has 0 bridgehead atoms. The van der Waals surface area contributed by atoms with Gasteiger partial charge in [0.2, 0.25) is 10.0 Å². The highest BCUT2D eigenvalue weighted by atomic mass is 35.5. The topological polar surface area (TPSA) is 106 Å². The van der Waals surface area contributed by atoms with Crippen LogP contribution in [0.3, 0.4) is 0 Å². The Balaban J connectivity index is 2.53. The SMILES string of the molecule is NS(=O)(=O)c1ccccc1S(=O)(=O)Nc1cc(Cl)cc(Cl)c1. The molecule has 0 atom stereocenters. The van der Waals surface area contributed by atoms with Crippen molar-refractivity contribution in [2.45, 2.75) is 9.79 Å². The number of benzene rings is 2. The van der Waals surface area contributed by atoms with Crippen molar-refractivity contribution >= 4 is 48.9 Å². The summed E-state index contributed by atoms with van der Waals surface area (Å²) in [6.07, 6.45) is 0. The molecule has 0 saturated heterocycles. The monoisotopic (exact) mass is 380 g/mol. The van der Waals surface area contributed by atoms with Crippen molar-refractivity contribution in [2.75, 3.05) is 4.72 Å². The van der Waals surface area contributed by atoms with E-state index in [1.54, 1.807) is 0 Å². The van der Waals surface area contributed by atoms with Gasteiger partial charge in [0.05, 0.1) is 5.69 Å². The highest BCUT2D eigenvalue weighted by molar-refractivity contribution is 7.94. The Morgan fingerprint density at radius 1 is 0.864 bits per heavy atom. The Morgan fingerprint density at radius 2 is 1.36 bits per heavy atom. The summed E-state index contributed by atoms with van der Waals surface area (Å²) in [4.78, 5) is -0.968. The summed E-state index contributed by atoms with van der Waals surface area (Å²) < 4.78 is 50.0. The van der Waals surface area contributed by atoms with Crippen LogP contribution in [0.15, 0.2) is 52.3 Å². The molecule has 6 nitrogen and oxygen atoms in total. The number of hydrogen-bond acceptors (Lipinski definition) is 4. The van der Waals surface area contributed by atoms with E-state index in [2.05, 4.69) is 4.72 Å². The summed E-state index contributed by atoms with van der Waals surface area (Å²) in [7, 11) is -8.38. The fourth-order valence-electron chi connectivity index (χ4n) is 1.73. The largest absolute Gasteiger partial charge is 0.279 e. The minimum absolute atomic E-state index is 0.0988. The molecule has 0 aliphatic carbocycles. The first-order chi connectivity index (χ1) is 10.1. The van der Waals surface area contributed by atoms with Gasteiger partial charge in [-0.25, -0.2) is 22.0 Å². The van der Waals surface area contributed by atoms with Crippen LogP contribution in [0.25, 0.3) is 0 Å². The molecule has 0 radical (unpaired) electrons. The van der Waals surface area contributed by atoms with E-state index in [9.17, 15) is 16.8 Å². The molecule has 2 aromatic rings. The Bertz CT molecular complexity index is 908. The maximum Gasteiger partial charge on any atom is 0.263 e. The van der Waals surface area contributed by atoms with E-state index >= 15 is 0 Å². The molecule has 2 aromatic carbocycles. The molecule has 0 spiro atoms. The van der Waals surface area contributed by atoms with E-state index in [0.29, 0.717) is 0 Å². The molecule has 10 heteroatoms. The van der Waals surface area contributed by atoms with E-state index in [1.165, 1.54) is 30.3 Å². The molecular formula is C12H10Cl2N2O4S2. The molecule has 118 valence electrons. The van der Waals surface area contributed by atoms with Crippen molar-refractivity contribution in [2.24, 2.45) is 5.14 Å². The highest BCUT2D eigenvalue weighted by Gasteiger charge is 2.24. The molecule has 0 amide bonds. The van der Waals surface area contributed by atoms with Crippen LogP contribution in [0.4, 0.5) is 5.69 Å². The van der Waals surface area contributed by atoms with Gasteiger partial charge in [0.1, 0.15) is 9.79 Å². The van der Waals surface area contributed by atoms with Gasteiger partial charge in [-0.05, 0) is 30.3 Å². The van der Waals surface area contributed by atoms with Crippen molar-refractivity contribution in [3.05, 3.63) is 52.5 Å². The van der Waals surface area contributed by atoms with Crippen LogP contribution >= 0.6 is 23.2 Å². The number of sulfonamides is 2. The lowest BCUT2D eigenvalue weighted by Gasteiger charge is -2.11. The number of primary sulfonamides is 1. The molecule has 22 heavy (non-hydrogen) atoms. The van der Waals surface area contributed by atoms with Gasteiger partial charge in [0, 0.05) is 10.0 Å². The fourth-order valence-corrected chi connectivity index (χ4v) is 4.68. The lowest BCUT2D eigenvalue weighted by Crippen LogP contribution is -2.20. The fraction of sp³-hybridized carbons (Fsp3) is 0. The summed E-state index contributed by atoms with van der Waals surface area (Å²) in [6.45, 7) is 0. The van der Waals surface area contributed by atoms with E-state index in [4.69, 9.17) is 28.3 Å². The number of anilines is 1. The van der Waals surface area contributed by atoms with Gasteiger partial charge >= 0.3 is 0 Å². The van der Waals surface area contributed by atoms with Crippen LogP contribution in [-0.4, -0.2) is 16.8 Å². The Kier molecular flexibility index (Phi) is 4.69. The molecule has 3 N–H and O–H groups in total. The minimum Gasteiger partial charge on any atom is -0.279 e. The smallest absolute Gasteiger partial charge is 0.263 e. The Morgan fingerprint density at radius 3 is 1.86 bits per heavy atom. The average Bonchev–Trinajstić information content (AvgIpc) is 2.36. The number of nitrogens with two attached hydrogens (primary N) is 1. The second kappa shape index (κ2) is 6.05.